The van der Waals surface area contributed by atoms with Crippen LogP contribution in [-0.4, -0.2) is 23.4 Å². The smallest absolute Gasteiger partial charge is 0.254 e. The van der Waals surface area contributed by atoms with Crippen LogP contribution in [0.5, 0.6) is 0 Å². The molecule has 0 radical (unpaired) electrons. The number of azide groups is 1. The predicted molar refractivity (Wildman–Crippen MR) is 69.6 cm³/mol. The molecule has 1 amide bonds. The molecule has 94 valence electrons. The van der Waals surface area contributed by atoms with Gasteiger partial charge >= 0.3 is 0 Å². The third kappa shape index (κ3) is 2.46. The van der Waals surface area contributed by atoms with Gasteiger partial charge in [-0.25, -0.2) is 0 Å². The van der Waals surface area contributed by atoms with Crippen molar-refractivity contribution >= 4 is 11.6 Å². The van der Waals surface area contributed by atoms with E-state index in [4.69, 9.17) is 5.53 Å². The molecule has 5 nitrogen and oxygen atoms in total. The number of benzene rings is 1. The van der Waals surface area contributed by atoms with Gasteiger partial charge in [-0.15, -0.1) is 0 Å². The molecule has 0 bridgehead atoms. The van der Waals surface area contributed by atoms with Crippen molar-refractivity contribution in [3.8, 4) is 0 Å². The summed E-state index contributed by atoms with van der Waals surface area (Å²) in [6.07, 6.45) is 3.25. The van der Waals surface area contributed by atoms with Gasteiger partial charge in [0.05, 0.1) is 5.69 Å². The van der Waals surface area contributed by atoms with Crippen molar-refractivity contribution in [2.75, 3.05) is 6.54 Å². The number of carbonyl (C=O) groups is 1. The highest BCUT2D eigenvalue weighted by atomic mass is 16.2. The zero-order valence-electron chi connectivity index (χ0n) is 10.4. The fourth-order valence-corrected chi connectivity index (χ4v) is 2.34. The third-order valence-electron chi connectivity index (χ3n) is 3.35. The number of carbonyl (C=O) groups excluding carboxylic acids is 1. The summed E-state index contributed by atoms with van der Waals surface area (Å²) in [5.74, 6) is -0.0369. The van der Waals surface area contributed by atoms with E-state index in [9.17, 15) is 4.79 Å². The van der Waals surface area contributed by atoms with E-state index in [2.05, 4.69) is 16.9 Å². The molecular formula is C13H16N4O. The van der Waals surface area contributed by atoms with E-state index in [1.54, 1.807) is 24.3 Å². The molecule has 1 unspecified atom stereocenters. The zero-order chi connectivity index (χ0) is 13.0. The Balaban J connectivity index is 2.30. The van der Waals surface area contributed by atoms with E-state index in [1.165, 1.54) is 6.42 Å². The van der Waals surface area contributed by atoms with Crippen LogP contribution in [0.15, 0.2) is 29.4 Å². The van der Waals surface area contributed by atoms with Crippen LogP contribution in [0.25, 0.3) is 10.4 Å². The molecule has 0 N–H and O–H groups in total. The van der Waals surface area contributed by atoms with Crippen molar-refractivity contribution in [1.82, 2.24) is 4.90 Å². The zero-order valence-corrected chi connectivity index (χ0v) is 10.4. The van der Waals surface area contributed by atoms with Crippen molar-refractivity contribution in [3.63, 3.8) is 0 Å². The lowest BCUT2D eigenvalue weighted by atomic mass is 10.0. The fourth-order valence-electron chi connectivity index (χ4n) is 2.34. The van der Waals surface area contributed by atoms with Crippen LogP contribution in [0.2, 0.25) is 0 Å². The Morgan fingerprint density at radius 3 is 2.94 bits per heavy atom. The number of likely N-dealkylation sites (tertiary alicyclic amines) is 1. The molecule has 1 saturated heterocycles. The van der Waals surface area contributed by atoms with E-state index >= 15 is 0 Å². The Morgan fingerprint density at radius 1 is 1.44 bits per heavy atom. The monoisotopic (exact) mass is 244 g/mol. The largest absolute Gasteiger partial charge is 0.336 e. The molecule has 1 atom stereocenters. The highest BCUT2D eigenvalue weighted by molar-refractivity contribution is 5.99. The van der Waals surface area contributed by atoms with Crippen LogP contribution in [0.4, 0.5) is 5.69 Å². The third-order valence-corrected chi connectivity index (χ3v) is 3.35. The Morgan fingerprint density at radius 2 is 2.22 bits per heavy atom. The maximum Gasteiger partial charge on any atom is 0.254 e. The summed E-state index contributed by atoms with van der Waals surface area (Å²) in [4.78, 5) is 17.1. The maximum atomic E-state index is 12.4. The lowest BCUT2D eigenvalue weighted by Crippen LogP contribution is -2.42. The first kappa shape index (κ1) is 12.5. The van der Waals surface area contributed by atoms with Crippen LogP contribution in [0.3, 0.4) is 0 Å². The molecule has 1 heterocycles. The standard InChI is InChI=1S/C13H16N4O/c1-10-6-4-5-9-17(10)13(18)11-7-2-3-8-12(11)15-16-14/h2-3,7-8,10H,4-6,9H2,1H3. The predicted octanol–water partition coefficient (Wildman–Crippen LogP) is 3.64. The van der Waals surface area contributed by atoms with Gasteiger partial charge in [-0.05, 0) is 37.8 Å². The SMILES string of the molecule is CC1CCCCN1C(=O)c1ccccc1N=[N+]=[N-]. The van der Waals surface area contributed by atoms with Gasteiger partial charge < -0.3 is 4.90 Å². The van der Waals surface area contributed by atoms with Crippen molar-refractivity contribution in [3.05, 3.63) is 40.3 Å². The highest BCUT2D eigenvalue weighted by Gasteiger charge is 2.25. The van der Waals surface area contributed by atoms with Crippen molar-refractivity contribution < 1.29 is 4.79 Å². The molecule has 5 heteroatoms. The Hall–Kier alpha value is -2.00. The Bertz CT molecular complexity index is 494. The van der Waals surface area contributed by atoms with E-state index in [0.717, 1.165) is 19.4 Å². The quantitative estimate of drug-likeness (QED) is 0.444. The molecule has 1 aliphatic rings. The average Bonchev–Trinajstić information content (AvgIpc) is 2.40. The normalized spacial score (nSPS) is 19.2. The second-order valence-corrected chi connectivity index (χ2v) is 4.55. The van der Waals surface area contributed by atoms with Gasteiger partial charge in [-0.2, -0.15) is 0 Å². The van der Waals surface area contributed by atoms with Gasteiger partial charge in [0.15, 0.2) is 0 Å². The topological polar surface area (TPSA) is 69.1 Å². The van der Waals surface area contributed by atoms with Gasteiger partial charge in [0.1, 0.15) is 0 Å². The van der Waals surface area contributed by atoms with Crippen molar-refractivity contribution in [2.45, 2.75) is 32.2 Å². The van der Waals surface area contributed by atoms with Gasteiger partial charge in [-0.1, -0.05) is 23.3 Å². The van der Waals surface area contributed by atoms with E-state index < -0.39 is 0 Å². The minimum atomic E-state index is -0.0369. The molecule has 0 spiro atoms. The van der Waals surface area contributed by atoms with Crippen LogP contribution < -0.4 is 0 Å². The second kappa shape index (κ2) is 5.56. The average molecular weight is 244 g/mol. The number of piperidine rings is 1. The molecular weight excluding hydrogens is 228 g/mol. The van der Waals surface area contributed by atoms with E-state index in [-0.39, 0.29) is 11.9 Å². The first-order valence-electron chi connectivity index (χ1n) is 6.19. The minimum Gasteiger partial charge on any atom is -0.336 e. The molecule has 0 aromatic heterocycles. The number of amides is 1. The number of rotatable bonds is 2. The lowest BCUT2D eigenvalue weighted by molar-refractivity contribution is 0.0636. The Kier molecular flexibility index (Phi) is 3.85. The first-order chi connectivity index (χ1) is 8.74. The maximum absolute atomic E-state index is 12.4. The van der Waals surface area contributed by atoms with Gasteiger partial charge in [0.25, 0.3) is 5.91 Å². The molecule has 1 aromatic rings. The summed E-state index contributed by atoms with van der Waals surface area (Å²) in [5.41, 5.74) is 9.42. The Labute approximate surface area is 106 Å². The number of nitrogens with zero attached hydrogens (tertiary/aromatic N) is 4. The van der Waals surface area contributed by atoms with Crippen LogP contribution in [0.1, 0.15) is 36.5 Å². The van der Waals surface area contributed by atoms with Gasteiger partial charge in [0, 0.05) is 23.1 Å². The highest BCUT2D eigenvalue weighted by Crippen LogP contribution is 2.24. The molecule has 1 aliphatic heterocycles. The van der Waals surface area contributed by atoms with E-state index in [0.29, 0.717) is 11.3 Å². The molecule has 1 fully saturated rings. The van der Waals surface area contributed by atoms with Crippen LogP contribution >= 0.6 is 0 Å². The number of hydrogen-bond acceptors (Lipinski definition) is 2. The molecule has 0 saturated carbocycles. The molecule has 18 heavy (non-hydrogen) atoms. The molecule has 0 aliphatic carbocycles. The van der Waals surface area contributed by atoms with Crippen molar-refractivity contribution in [1.29, 1.82) is 0 Å². The fraction of sp³-hybridized carbons (Fsp3) is 0.462. The summed E-state index contributed by atoms with van der Waals surface area (Å²) in [6, 6.07) is 7.19. The number of hydrogen-bond donors (Lipinski definition) is 0. The van der Waals surface area contributed by atoms with E-state index in [1.807, 2.05) is 4.90 Å². The summed E-state index contributed by atoms with van der Waals surface area (Å²) < 4.78 is 0. The second-order valence-electron chi connectivity index (χ2n) is 4.55. The lowest BCUT2D eigenvalue weighted by Gasteiger charge is -2.33. The van der Waals surface area contributed by atoms with Gasteiger partial charge in [-0.3, -0.25) is 4.79 Å². The first-order valence-corrected chi connectivity index (χ1v) is 6.19. The summed E-state index contributed by atoms with van der Waals surface area (Å²) in [6.45, 7) is 2.85. The molecule has 2 rings (SSSR count). The van der Waals surface area contributed by atoms with Crippen LogP contribution in [-0.2, 0) is 0 Å². The summed E-state index contributed by atoms with van der Waals surface area (Å²) in [7, 11) is 0. The minimum absolute atomic E-state index is 0.0369. The van der Waals surface area contributed by atoms with Gasteiger partial charge in [0.2, 0.25) is 0 Å². The summed E-state index contributed by atoms with van der Waals surface area (Å²) >= 11 is 0. The molecule has 1 aromatic carbocycles. The van der Waals surface area contributed by atoms with Crippen LogP contribution in [0, 0.1) is 0 Å². The summed E-state index contributed by atoms with van der Waals surface area (Å²) in [5, 5.41) is 3.58. The van der Waals surface area contributed by atoms with Crippen molar-refractivity contribution in [2.24, 2.45) is 5.11 Å².